The van der Waals surface area contributed by atoms with Gasteiger partial charge in [0.05, 0.1) is 26.4 Å². The molecule has 14 heteroatoms. The van der Waals surface area contributed by atoms with Crippen LogP contribution in [-0.2, 0) is 38.0 Å². The molecule has 0 aliphatic heterocycles. The van der Waals surface area contributed by atoms with Gasteiger partial charge in [-0.2, -0.15) is 0 Å². The highest BCUT2D eigenvalue weighted by Gasteiger charge is 2.24. The molecule has 0 bridgehead atoms. The maximum absolute atomic E-state index is 12.6. The second kappa shape index (κ2) is 30.0. The zero-order valence-corrected chi connectivity index (χ0v) is 35.5. The first-order chi connectivity index (χ1) is 29.1. The number of carbonyl (C=O) groups excluding carboxylic acids is 4. The molecule has 0 spiro atoms. The Labute approximate surface area is 355 Å². The van der Waals surface area contributed by atoms with E-state index in [1.165, 1.54) is 0 Å². The van der Waals surface area contributed by atoms with Crippen LogP contribution in [0.2, 0.25) is 0 Å². The molecule has 0 radical (unpaired) electrons. The third-order valence-electron chi connectivity index (χ3n) is 9.53. The zero-order valence-electron chi connectivity index (χ0n) is 35.5. The summed E-state index contributed by atoms with van der Waals surface area (Å²) < 4.78 is 45.5. The first kappa shape index (κ1) is 49.3. The van der Waals surface area contributed by atoms with E-state index in [2.05, 4.69) is 23.8 Å². The average molecular weight is 839 g/mol. The van der Waals surface area contributed by atoms with Gasteiger partial charge in [-0.25, -0.2) is 19.2 Å². The van der Waals surface area contributed by atoms with Crippen molar-refractivity contribution >= 4 is 24.1 Å². The maximum atomic E-state index is 12.6. The van der Waals surface area contributed by atoms with Gasteiger partial charge in [-0.15, -0.1) is 0 Å². The van der Waals surface area contributed by atoms with Gasteiger partial charge in [-0.05, 0) is 114 Å². The molecule has 3 rings (SSSR count). The van der Waals surface area contributed by atoms with Gasteiger partial charge in [0.15, 0.2) is 12.2 Å². The molecule has 1 aliphatic rings. The quantitative estimate of drug-likeness (QED) is 0.0341. The third kappa shape index (κ3) is 22.9. The standard InChI is InChI=1S/C46H66N2O12/c1-35(2)43(49)55-27-15-7-13-25-47-45(51)59-41(33-57-39-17-9-5-10-18-39)31-53-29-37-21-23-38(24-22-37)30-54-32-42(34-58-40-19-11-6-12-20-40)60-46(52)48-26-14-8-16-28-56-44(50)36(3)4/h5-6,9-12,17-20,37-38,41-42H,1,3,7-8,13-16,21-34H2,2,4H3,(H,47,51)(H,48,52). The molecule has 2 aromatic carbocycles. The molecule has 0 heterocycles. The summed E-state index contributed by atoms with van der Waals surface area (Å²) in [7, 11) is 0. The van der Waals surface area contributed by atoms with Crippen LogP contribution in [0.4, 0.5) is 9.59 Å². The van der Waals surface area contributed by atoms with Gasteiger partial charge in [0.2, 0.25) is 0 Å². The number of nitrogens with one attached hydrogen (secondary N) is 2. The smallest absolute Gasteiger partial charge is 0.407 e. The molecule has 1 fully saturated rings. The fourth-order valence-electron chi connectivity index (χ4n) is 6.09. The monoisotopic (exact) mass is 838 g/mol. The number of hydrogen-bond acceptors (Lipinski definition) is 12. The molecular weight excluding hydrogens is 773 g/mol. The molecule has 332 valence electrons. The van der Waals surface area contributed by atoms with Crippen LogP contribution in [0.3, 0.4) is 0 Å². The first-order valence-electron chi connectivity index (χ1n) is 21.1. The Kier molecular flexibility index (Phi) is 24.7. The number of hydrogen-bond donors (Lipinski definition) is 2. The number of esters is 2. The van der Waals surface area contributed by atoms with E-state index in [9.17, 15) is 19.2 Å². The molecular formula is C46H66N2O12. The summed E-state index contributed by atoms with van der Waals surface area (Å²) in [6.45, 7) is 13.6. The summed E-state index contributed by atoms with van der Waals surface area (Å²) in [5, 5.41) is 5.58. The van der Waals surface area contributed by atoms with Crippen molar-refractivity contribution in [1.29, 1.82) is 0 Å². The lowest BCUT2D eigenvalue weighted by atomic mass is 9.83. The van der Waals surface area contributed by atoms with Gasteiger partial charge < -0.3 is 48.5 Å². The fraction of sp³-hybridized carbons (Fsp3) is 0.565. The lowest BCUT2D eigenvalue weighted by Crippen LogP contribution is -2.36. The minimum atomic E-state index is -0.607. The molecule has 2 amide bonds. The van der Waals surface area contributed by atoms with Crippen LogP contribution in [0.15, 0.2) is 85.0 Å². The van der Waals surface area contributed by atoms with Crippen molar-refractivity contribution in [3.05, 3.63) is 85.0 Å². The van der Waals surface area contributed by atoms with Crippen LogP contribution < -0.4 is 20.1 Å². The summed E-state index contributed by atoms with van der Waals surface area (Å²) in [4.78, 5) is 48.2. The van der Waals surface area contributed by atoms with E-state index in [0.29, 0.717) is 99.7 Å². The van der Waals surface area contributed by atoms with Crippen LogP contribution in [0, 0.1) is 11.8 Å². The van der Waals surface area contributed by atoms with Gasteiger partial charge >= 0.3 is 24.1 Å². The highest BCUT2D eigenvalue weighted by atomic mass is 16.6. The topological polar surface area (TPSA) is 166 Å². The molecule has 0 saturated heterocycles. The summed E-state index contributed by atoms with van der Waals surface area (Å²) in [6.07, 6.45) is 5.97. The Hall–Kier alpha value is -5.08. The predicted molar refractivity (Wildman–Crippen MR) is 227 cm³/mol. The molecule has 2 unspecified atom stereocenters. The van der Waals surface area contributed by atoms with E-state index in [0.717, 1.165) is 38.5 Å². The number of amides is 2. The van der Waals surface area contributed by atoms with Crippen molar-refractivity contribution in [2.75, 3.05) is 65.9 Å². The molecule has 0 aromatic heterocycles. The second-order valence-electron chi connectivity index (χ2n) is 15.1. The van der Waals surface area contributed by atoms with E-state index in [4.69, 9.17) is 37.9 Å². The Morgan fingerprint density at radius 2 is 0.950 bits per heavy atom. The second-order valence-corrected chi connectivity index (χ2v) is 15.1. The zero-order chi connectivity index (χ0) is 43.2. The van der Waals surface area contributed by atoms with Gasteiger partial charge in [-0.3, -0.25) is 0 Å². The molecule has 2 aromatic rings. The summed E-state index contributed by atoms with van der Waals surface area (Å²) in [5.41, 5.74) is 0.740. The van der Waals surface area contributed by atoms with Gasteiger partial charge in [0.1, 0.15) is 24.7 Å². The number of benzene rings is 2. The van der Waals surface area contributed by atoms with E-state index in [1.54, 1.807) is 13.8 Å². The Balaban J connectivity index is 1.34. The molecule has 2 N–H and O–H groups in total. The average Bonchev–Trinajstić information content (AvgIpc) is 3.24. The Bertz CT molecular complexity index is 1430. The van der Waals surface area contributed by atoms with E-state index in [-0.39, 0.29) is 26.4 Å². The van der Waals surface area contributed by atoms with E-state index in [1.807, 2.05) is 60.7 Å². The van der Waals surface area contributed by atoms with Gasteiger partial charge in [0, 0.05) is 37.4 Å². The molecule has 60 heavy (non-hydrogen) atoms. The number of para-hydroxylation sites is 2. The fourth-order valence-corrected chi connectivity index (χ4v) is 6.09. The van der Waals surface area contributed by atoms with E-state index >= 15 is 0 Å². The molecule has 1 aliphatic carbocycles. The van der Waals surface area contributed by atoms with Crippen LogP contribution in [0.1, 0.15) is 78.1 Å². The predicted octanol–water partition coefficient (Wildman–Crippen LogP) is 7.75. The number of alkyl carbamates (subject to hydrolysis) is 2. The molecule has 14 nitrogen and oxygen atoms in total. The van der Waals surface area contributed by atoms with Crippen LogP contribution in [0.25, 0.3) is 0 Å². The summed E-state index contributed by atoms with van der Waals surface area (Å²) in [6, 6.07) is 18.7. The van der Waals surface area contributed by atoms with E-state index < -0.39 is 36.3 Å². The maximum Gasteiger partial charge on any atom is 0.407 e. The van der Waals surface area contributed by atoms with Gasteiger partial charge in [-0.1, -0.05) is 49.6 Å². The first-order valence-corrected chi connectivity index (χ1v) is 21.1. The largest absolute Gasteiger partial charge is 0.490 e. The minimum Gasteiger partial charge on any atom is -0.490 e. The lowest BCUT2D eigenvalue weighted by Gasteiger charge is -2.29. The summed E-state index contributed by atoms with van der Waals surface area (Å²) in [5.74, 6) is 1.29. The lowest BCUT2D eigenvalue weighted by molar-refractivity contribution is -0.139. The third-order valence-corrected chi connectivity index (χ3v) is 9.53. The van der Waals surface area contributed by atoms with Gasteiger partial charge in [0.25, 0.3) is 0 Å². The highest BCUT2D eigenvalue weighted by molar-refractivity contribution is 5.87. The van der Waals surface area contributed by atoms with Crippen molar-refractivity contribution in [2.45, 2.75) is 90.3 Å². The number of carbonyl (C=O) groups is 4. The number of unbranched alkanes of at least 4 members (excludes halogenated alkanes) is 4. The summed E-state index contributed by atoms with van der Waals surface area (Å²) >= 11 is 0. The van der Waals surface area contributed by atoms with Crippen LogP contribution in [0.5, 0.6) is 11.5 Å². The SMILES string of the molecule is C=C(C)C(=O)OCCCCCNC(=O)OC(COCC1CCC(COCC(COc2ccccc2)OC(=O)NCCCCCOC(=O)C(=C)C)CC1)COc1ccccc1. The van der Waals surface area contributed by atoms with Crippen LogP contribution in [-0.4, -0.2) is 102 Å². The van der Waals surface area contributed by atoms with Crippen molar-refractivity contribution < 1.29 is 57.1 Å². The van der Waals surface area contributed by atoms with Crippen LogP contribution >= 0.6 is 0 Å². The Morgan fingerprint density at radius 1 is 0.567 bits per heavy atom. The minimum absolute atomic E-state index is 0.148. The van der Waals surface area contributed by atoms with Crippen molar-refractivity contribution in [1.82, 2.24) is 10.6 Å². The molecule has 1 saturated carbocycles. The Morgan fingerprint density at radius 3 is 1.32 bits per heavy atom. The highest BCUT2D eigenvalue weighted by Crippen LogP contribution is 2.29. The normalized spacial score (nSPS) is 15.7. The van der Waals surface area contributed by atoms with Crippen molar-refractivity contribution in [3.8, 4) is 11.5 Å². The van der Waals surface area contributed by atoms with Crippen molar-refractivity contribution in [2.24, 2.45) is 11.8 Å². The number of rotatable bonds is 30. The molecule has 2 atom stereocenters. The number of ether oxygens (including phenoxy) is 8. The van der Waals surface area contributed by atoms with Crippen molar-refractivity contribution in [3.63, 3.8) is 0 Å².